The number of amides is 3. The molecule has 0 radical (unpaired) electrons. The number of nitrogens with one attached hydrogen (secondary N) is 2. The highest BCUT2D eigenvalue weighted by atomic mass is 32.1. The average Bonchev–Trinajstić information content (AvgIpc) is 3.40. The highest BCUT2D eigenvalue weighted by Gasteiger charge is 2.31. The van der Waals surface area contributed by atoms with E-state index in [1.165, 1.54) is 10.4 Å². The number of urea groups is 1. The first-order chi connectivity index (χ1) is 16.6. The number of thiophene rings is 1. The summed E-state index contributed by atoms with van der Waals surface area (Å²) < 4.78 is 11.0. The Bertz CT molecular complexity index is 1120. The molecule has 2 aromatic carbocycles. The zero-order chi connectivity index (χ0) is 23.9. The highest BCUT2D eigenvalue weighted by molar-refractivity contribution is 7.10. The summed E-state index contributed by atoms with van der Waals surface area (Å²) in [5, 5.41) is 7.23. The number of methoxy groups -OCH3 is 2. The van der Waals surface area contributed by atoms with Gasteiger partial charge in [0, 0.05) is 30.9 Å². The second kappa shape index (κ2) is 11.2. The van der Waals surface area contributed by atoms with Crippen LogP contribution in [0.2, 0.25) is 0 Å². The van der Waals surface area contributed by atoms with E-state index >= 15 is 0 Å². The van der Waals surface area contributed by atoms with Crippen LogP contribution in [0.3, 0.4) is 0 Å². The van der Waals surface area contributed by atoms with Gasteiger partial charge in [-0.15, -0.1) is 11.3 Å². The van der Waals surface area contributed by atoms with Crippen LogP contribution in [0.1, 0.15) is 34.0 Å². The third-order valence-corrected chi connectivity index (χ3v) is 6.89. The van der Waals surface area contributed by atoms with Gasteiger partial charge in [-0.05, 0) is 46.7 Å². The standard InChI is InChI=1S/C26H29N3O4S/c1-32-21-15-19-10-12-29(25(23-9-6-14-34-23)20(19)16-22(21)33-2)13-11-24(30)28-26(31)27-17-18-7-4-3-5-8-18/h3-9,14-16,25H,10-13,17H2,1-2H3,(H2,27,28,30,31). The smallest absolute Gasteiger partial charge is 0.321 e. The lowest BCUT2D eigenvalue weighted by Crippen LogP contribution is -2.42. The van der Waals surface area contributed by atoms with E-state index in [2.05, 4.69) is 33.0 Å². The lowest BCUT2D eigenvalue weighted by atomic mass is 9.90. The fourth-order valence-corrected chi connectivity index (χ4v) is 5.15. The first kappa shape index (κ1) is 23.8. The molecule has 178 valence electrons. The molecule has 0 saturated heterocycles. The van der Waals surface area contributed by atoms with Crippen LogP contribution in [0, 0.1) is 0 Å². The van der Waals surface area contributed by atoms with Crippen LogP contribution in [0.5, 0.6) is 11.5 Å². The molecule has 34 heavy (non-hydrogen) atoms. The Morgan fingerprint density at radius 3 is 2.53 bits per heavy atom. The van der Waals surface area contributed by atoms with Gasteiger partial charge in [0.05, 0.1) is 20.3 Å². The fraction of sp³-hybridized carbons (Fsp3) is 0.308. The molecule has 0 aliphatic carbocycles. The second-order valence-corrected chi connectivity index (χ2v) is 9.06. The van der Waals surface area contributed by atoms with E-state index in [4.69, 9.17) is 9.47 Å². The molecule has 2 N–H and O–H groups in total. The molecule has 0 saturated carbocycles. The molecule has 1 aliphatic rings. The minimum atomic E-state index is -0.482. The molecule has 7 nitrogen and oxygen atoms in total. The SMILES string of the molecule is COc1cc2c(cc1OC)C(c1cccs1)N(CCC(=O)NC(=O)NCc1ccccc1)CC2. The average molecular weight is 480 g/mol. The van der Waals surface area contributed by atoms with E-state index in [-0.39, 0.29) is 18.4 Å². The number of carbonyl (C=O) groups is 2. The Balaban J connectivity index is 1.41. The Kier molecular flexibility index (Phi) is 7.82. The molecule has 0 fully saturated rings. The Hall–Kier alpha value is -3.36. The van der Waals surface area contributed by atoms with Gasteiger partial charge in [0.1, 0.15) is 0 Å². The normalized spacial score (nSPS) is 15.3. The van der Waals surface area contributed by atoms with E-state index in [1.807, 2.05) is 42.5 Å². The van der Waals surface area contributed by atoms with Crippen LogP contribution in [-0.4, -0.2) is 44.1 Å². The van der Waals surface area contributed by atoms with Crippen LogP contribution >= 0.6 is 11.3 Å². The molecule has 3 amide bonds. The molecule has 0 bridgehead atoms. The topological polar surface area (TPSA) is 79.9 Å². The number of fused-ring (bicyclic) bond motifs is 1. The number of ether oxygens (including phenoxy) is 2. The predicted octanol–water partition coefficient (Wildman–Crippen LogP) is 4.13. The minimum absolute atomic E-state index is 0.0169. The Labute approximate surface area is 203 Å². The van der Waals surface area contributed by atoms with Crippen LogP contribution in [-0.2, 0) is 17.8 Å². The summed E-state index contributed by atoms with van der Waals surface area (Å²) in [6.45, 7) is 1.71. The van der Waals surface area contributed by atoms with Crippen molar-refractivity contribution in [3.8, 4) is 11.5 Å². The summed E-state index contributed by atoms with van der Waals surface area (Å²) in [5.74, 6) is 1.12. The predicted molar refractivity (Wildman–Crippen MR) is 132 cm³/mol. The van der Waals surface area contributed by atoms with Gasteiger partial charge in [-0.2, -0.15) is 0 Å². The molecule has 2 heterocycles. The minimum Gasteiger partial charge on any atom is -0.493 e. The van der Waals surface area contributed by atoms with Gasteiger partial charge in [0.25, 0.3) is 0 Å². The molecule has 1 aromatic heterocycles. The number of imide groups is 1. The zero-order valence-electron chi connectivity index (χ0n) is 19.4. The van der Waals surface area contributed by atoms with E-state index in [9.17, 15) is 9.59 Å². The highest BCUT2D eigenvalue weighted by Crippen LogP contribution is 2.42. The number of carbonyl (C=O) groups excluding carboxylic acids is 2. The number of rotatable bonds is 8. The summed E-state index contributed by atoms with van der Waals surface area (Å²) in [5.41, 5.74) is 3.35. The van der Waals surface area contributed by atoms with Crippen LogP contribution in [0.25, 0.3) is 0 Å². The molecule has 3 aromatic rings. The number of hydrogen-bond donors (Lipinski definition) is 2. The van der Waals surface area contributed by atoms with Gasteiger partial charge < -0.3 is 14.8 Å². The van der Waals surface area contributed by atoms with E-state index in [1.54, 1.807) is 25.6 Å². The third-order valence-electron chi connectivity index (χ3n) is 5.96. The lowest BCUT2D eigenvalue weighted by molar-refractivity contribution is -0.120. The zero-order valence-corrected chi connectivity index (χ0v) is 20.2. The summed E-state index contributed by atoms with van der Waals surface area (Å²) in [4.78, 5) is 28.1. The molecule has 1 unspecified atom stereocenters. The number of benzene rings is 2. The maximum absolute atomic E-state index is 12.5. The van der Waals surface area contributed by atoms with Gasteiger partial charge in [-0.1, -0.05) is 36.4 Å². The van der Waals surface area contributed by atoms with Crippen molar-refractivity contribution in [1.82, 2.24) is 15.5 Å². The quantitative estimate of drug-likeness (QED) is 0.508. The maximum Gasteiger partial charge on any atom is 0.321 e. The van der Waals surface area contributed by atoms with Crippen molar-refractivity contribution in [1.29, 1.82) is 0 Å². The van der Waals surface area contributed by atoms with Crippen LogP contribution in [0.4, 0.5) is 4.79 Å². The summed E-state index contributed by atoms with van der Waals surface area (Å²) in [6, 6.07) is 17.4. The lowest BCUT2D eigenvalue weighted by Gasteiger charge is -2.37. The molecular formula is C26H29N3O4S. The van der Waals surface area contributed by atoms with Crippen molar-refractivity contribution in [3.05, 3.63) is 81.5 Å². The van der Waals surface area contributed by atoms with Crippen molar-refractivity contribution in [3.63, 3.8) is 0 Å². The Morgan fingerprint density at radius 1 is 1.06 bits per heavy atom. The van der Waals surface area contributed by atoms with E-state index in [0.29, 0.717) is 18.8 Å². The molecule has 8 heteroatoms. The Morgan fingerprint density at radius 2 is 1.82 bits per heavy atom. The maximum atomic E-state index is 12.5. The monoisotopic (exact) mass is 479 g/mol. The second-order valence-electron chi connectivity index (χ2n) is 8.08. The van der Waals surface area contributed by atoms with Gasteiger partial charge >= 0.3 is 6.03 Å². The van der Waals surface area contributed by atoms with Crippen LogP contribution in [0.15, 0.2) is 60.0 Å². The largest absolute Gasteiger partial charge is 0.493 e. The van der Waals surface area contributed by atoms with Crippen LogP contribution < -0.4 is 20.1 Å². The number of hydrogen-bond acceptors (Lipinski definition) is 6. The van der Waals surface area contributed by atoms with Crippen molar-refractivity contribution in [2.45, 2.75) is 25.4 Å². The molecular weight excluding hydrogens is 450 g/mol. The van der Waals surface area contributed by atoms with Gasteiger partial charge in [0.15, 0.2) is 11.5 Å². The molecule has 1 atom stereocenters. The molecule has 0 spiro atoms. The van der Waals surface area contributed by atoms with Gasteiger partial charge in [-0.25, -0.2) is 4.79 Å². The third kappa shape index (κ3) is 5.58. The van der Waals surface area contributed by atoms with Crippen molar-refractivity contribution < 1.29 is 19.1 Å². The number of nitrogens with zero attached hydrogens (tertiary/aromatic N) is 1. The summed E-state index contributed by atoms with van der Waals surface area (Å²) in [7, 11) is 3.28. The van der Waals surface area contributed by atoms with Crippen molar-refractivity contribution >= 4 is 23.3 Å². The van der Waals surface area contributed by atoms with E-state index in [0.717, 1.165) is 29.8 Å². The van der Waals surface area contributed by atoms with Gasteiger partial charge in [0.2, 0.25) is 5.91 Å². The molecule has 1 aliphatic heterocycles. The summed E-state index contributed by atoms with van der Waals surface area (Å²) in [6.07, 6.45) is 1.07. The summed E-state index contributed by atoms with van der Waals surface area (Å²) >= 11 is 1.69. The first-order valence-electron chi connectivity index (χ1n) is 11.2. The fourth-order valence-electron chi connectivity index (χ4n) is 4.28. The molecule has 4 rings (SSSR count). The van der Waals surface area contributed by atoms with Crippen molar-refractivity contribution in [2.75, 3.05) is 27.3 Å². The van der Waals surface area contributed by atoms with E-state index < -0.39 is 6.03 Å². The van der Waals surface area contributed by atoms with Crippen molar-refractivity contribution in [2.24, 2.45) is 0 Å². The van der Waals surface area contributed by atoms with Gasteiger partial charge in [-0.3, -0.25) is 15.0 Å². The first-order valence-corrected chi connectivity index (χ1v) is 12.1.